The Kier molecular flexibility index (Phi) is 3.56. The zero-order valence-corrected chi connectivity index (χ0v) is 14.4. The summed E-state index contributed by atoms with van der Waals surface area (Å²) in [7, 11) is 0. The van der Waals surface area contributed by atoms with Gasteiger partial charge in [-0.25, -0.2) is 0 Å². The summed E-state index contributed by atoms with van der Waals surface area (Å²) in [4.78, 5) is 24.5. The SMILES string of the molecule is CC[C@@]12C=CC3=C4SC(=O)C=C4CC[C@@H]3[C@H]1CC[C@H]2OC(C)=O. The lowest BCUT2D eigenvalue weighted by molar-refractivity contribution is -0.151. The van der Waals surface area contributed by atoms with Crippen molar-refractivity contribution in [1.82, 2.24) is 0 Å². The normalized spacial score (nSPS) is 38.1. The van der Waals surface area contributed by atoms with Gasteiger partial charge in [0, 0.05) is 17.2 Å². The first-order valence-corrected chi connectivity index (χ1v) is 9.40. The summed E-state index contributed by atoms with van der Waals surface area (Å²) in [6.07, 6.45) is 11.5. The van der Waals surface area contributed by atoms with Gasteiger partial charge in [0.15, 0.2) is 0 Å². The van der Waals surface area contributed by atoms with Gasteiger partial charge in [-0.05, 0) is 72.9 Å². The summed E-state index contributed by atoms with van der Waals surface area (Å²) in [5.74, 6) is 0.861. The number of allylic oxidation sites excluding steroid dienone is 3. The van der Waals surface area contributed by atoms with Gasteiger partial charge in [-0.2, -0.15) is 0 Å². The van der Waals surface area contributed by atoms with Crippen molar-refractivity contribution in [3.05, 3.63) is 34.3 Å². The highest BCUT2D eigenvalue weighted by molar-refractivity contribution is 8.18. The third-order valence-electron chi connectivity index (χ3n) is 6.18. The molecule has 0 amide bonds. The molecule has 3 aliphatic carbocycles. The fraction of sp³-hybridized carbons (Fsp3) is 0.579. The van der Waals surface area contributed by atoms with E-state index in [0.29, 0.717) is 11.8 Å². The number of thioether (sulfide) groups is 1. The lowest BCUT2D eigenvalue weighted by Gasteiger charge is -2.45. The number of esters is 1. The molecule has 0 bridgehead atoms. The maximum Gasteiger partial charge on any atom is 0.302 e. The van der Waals surface area contributed by atoms with Crippen LogP contribution in [0.2, 0.25) is 0 Å². The molecule has 0 unspecified atom stereocenters. The van der Waals surface area contributed by atoms with Crippen LogP contribution >= 0.6 is 11.8 Å². The van der Waals surface area contributed by atoms with Crippen molar-refractivity contribution in [1.29, 1.82) is 0 Å². The minimum absolute atomic E-state index is 0.00704. The quantitative estimate of drug-likeness (QED) is 0.713. The molecule has 0 N–H and O–H groups in total. The van der Waals surface area contributed by atoms with E-state index in [-0.39, 0.29) is 22.6 Å². The molecule has 0 aromatic heterocycles. The van der Waals surface area contributed by atoms with E-state index in [2.05, 4.69) is 19.1 Å². The van der Waals surface area contributed by atoms with E-state index in [0.717, 1.165) is 32.1 Å². The molecule has 4 rings (SSSR count). The van der Waals surface area contributed by atoms with Crippen molar-refractivity contribution in [3.63, 3.8) is 0 Å². The molecular formula is C19H22O3S. The van der Waals surface area contributed by atoms with Crippen LogP contribution in [-0.4, -0.2) is 17.2 Å². The van der Waals surface area contributed by atoms with Crippen LogP contribution in [0.5, 0.6) is 0 Å². The van der Waals surface area contributed by atoms with E-state index in [1.165, 1.54) is 34.7 Å². The van der Waals surface area contributed by atoms with Gasteiger partial charge in [0.05, 0.1) is 0 Å². The third-order valence-corrected chi connectivity index (χ3v) is 7.20. The van der Waals surface area contributed by atoms with Gasteiger partial charge in [-0.1, -0.05) is 19.1 Å². The zero-order chi connectivity index (χ0) is 16.2. The number of carbonyl (C=O) groups is 2. The molecule has 0 spiro atoms. The fourth-order valence-corrected chi connectivity index (χ4v) is 6.25. The summed E-state index contributed by atoms with van der Waals surface area (Å²) < 4.78 is 5.68. The smallest absolute Gasteiger partial charge is 0.302 e. The Balaban J connectivity index is 1.76. The van der Waals surface area contributed by atoms with E-state index in [4.69, 9.17) is 4.74 Å². The Morgan fingerprint density at radius 3 is 2.96 bits per heavy atom. The molecule has 0 radical (unpaired) electrons. The van der Waals surface area contributed by atoms with E-state index in [9.17, 15) is 9.59 Å². The molecular weight excluding hydrogens is 308 g/mol. The monoisotopic (exact) mass is 330 g/mol. The maximum atomic E-state index is 11.8. The van der Waals surface area contributed by atoms with Gasteiger partial charge in [0.2, 0.25) is 5.12 Å². The lowest BCUT2D eigenvalue weighted by atomic mass is 9.61. The number of ether oxygens (including phenoxy) is 1. The molecule has 1 heterocycles. The van der Waals surface area contributed by atoms with Crippen molar-refractivity contribution in [2.24, 2.45) is 17.3 Å². The van der Waals surface area contributed by atoms with Crippen LogP contribution in [0.25, 0.3) is 0 Å². The molecule has 0 aromatic carbocycles. The standard InChI is InChI=1S/C19H22O3S/c1-3-19-9-8-14-13(5-4-12-10-17(21)23-18(12)14)15(19)6-7-16(19)22-11(2)20/h8-10,13,15-16H,3-7H2,1-2H3/t13-,15+,16+,19+/m0/s1. The summed E-state index contributed by atoms with van der Waals surface area (Å²) in [5, 5.41) is 0.174. The largest absolute Gasteiger partial charge is 0.462 e. The summed E-state index contributed by atoms with van der Waals surface area (Å²) in [5.41, 5.74) is 2.57. The Labute approximate surface area is 141 Å². The van der Waals surface area contributed by atoms with E-state index in [1.807, 2.05) is 6.08 Å². The first-order chi connectivity index (χ1) is 11.0. The molecule has 122 valence electrons. The number of fused-ring (bicyclic) bond motifs is 4. The second-order valence-electron chi connectivity index (χ2n) is 7.10. The van der Waals surface area contributed by atoms with Gasteiger partial charge in [0.1, 0.15) is 6.10 Å². The van der Waals surface area contributed by atoms with Crippen molar-refractivity contribution in [3.8, 4) is 0 Å². The zero-order valence-electron chi connectivity index (χ0n) is 13.6. The van der Waals surface area contributed by atoms with Crippen LogP contribution in [0.4, 0.5) is 0 Å². The number of rotatable bonds is 2. The molecule has 4 atom stereocenters. The van der Waals surface area contributed by atoms with E-state index in [1.54, 1.807) is 0 Å². The Morgan fingerprint density at radius 2 is 2.22 bits per heavy atom. The number of carbonyl (C=O) groups excluding carboxylic acids is 2. The van der Waals surface area contributed by atoms with Crippen LogP contribution in [-0.2, 0) is 14.3 Å². The Morgan fingerprint density at radius 1 is 1.39 bits per heavy atom. The first-order valence-electron chi connectivity index (χ1n) is 8.58. The number of hydrogen-bond donors (Lipinski definition) is 0. The predicted molar refractivity (Wildman–Crippen MR) is 90.6 cm³/mol. The summed E-state index contributed by atoms with van der Waals surface area (Å²) in [6, 6.07) is 0. The second kappa shape index (κ2) is 5.37. The van der Waals surface area contributed by atoms with Crippen molar-refractivity contribution >= 4 is 22.8 Å². The molecule has 23 heavy (non-hydrogen) atoms. The average Bonchev–Trinajstić information content (AvgIpc) is 3.07. The van der Waals surface area contributed by atoms with Crippen LogP contribution in [0.3, 0.4) is 0 Å². The van der Waals surface area contributed by atoms with Gasteiger partial charge >= 0.3 is 5.97 Å². The minimum Gasteiger partial charge on any atom is -0.462 e. The van der Waals surface area contributed by atoms with Crippen LogP contribution in [0.1, 0.15) is 46.0 Å². The topological polar surface area (TPSA) is 43.4 Å². The highest BCUT2D eigenvalue weighted by atomic mass is 32.2. The third kappa shape index (κ3) is 2.18. The fourth-order valence-electron chi connectivity index (χ4n) is 5.22. The molecule has 1 saturated carbocycles. The molecule has 1 fully saturated rings. The van der Waals surface area contributed by atoms with Crippen molar-refractivity contribution in [2.45, 2.75) is 52.1 Å². The summed E-state index contributed by atoms with van der Waals surface area (Å²) >= 11 is 1.40. The Bertz CT molecular complexity index is 672. The second-order valence-corrected chi connectivity index (χ2v) is 8.12. The van der Waals surface area contributed by atoms with E-state index < -0.39 is 0 Å². The van der Waals surface area contributed by atoms with Gasteiger partial charge < -0.3 is 4.74 Å². The molecule has 4 heteroatoms. The molecule has 0 saturated heterocycles. The van der Waals surface area contributed by atoms with E-state index >= 15 is 0 Å². The predicted octanol–water partition coefficient (Wildman–Crippen LogP) is 4.16. The average molecular weight is 330 g/mol. The lowest BCUT2D eigenvalue weighted by Crippen LogP contribution is -2.42. The first kappa shape index (κ1) is 15.3. The van der Waals surface area contributed by atoms with Crippen LogP contribution in [0, 0.1) is 17.3 Å². The van der Waals surface area contributed by atoms with Crippen LogP contribution < -0.4 is 0 Å². The maximum absolute atomic E-state index is 11.8. The molecule has 1 aliphatic heterocycles. The Hall–Kier alpha value is -1.29. The summed E-state index contributed by atoms with van der Waals surface area (Å²) in [6.45, 7) is 3.72. The van der Waals surface area contributed by atoms with Crippen LogP contribution in [0.15, 0.2) is 34.3 Å². The highest BCUT2D eigenvalue weighted by Gasteiger charge is 2.55. The molecule has 0 aromatic rings. The van der Waals surface area contributed by atoms with Gasteiger partial charge in [-0.3, -0.25) is 9.59 Å². The van der Waals surface area contributed by atoms with Gasteiger partial charge in [-0.15, -0.1) is 0 Å². The molecule has 4 aliphatic rings. The van der Waals surface area contributed by atoms with Crippen molar-refractivity contribution < 1.29 is 14.3 Å². The highest BCUT2D eigenvalue weighted by Crippen LogP contribution is 2.60. The van der Waals surface area contributed by atoms with Gasteiger partial charge in [0.25, 0.3) is 0 Å². The number of hydrogen-bond acceptors (Lipinski definition) is 4. The molecule has 3 nitrogen and oxygen atoms in total. The van der Waals surface area contributed by atoms with Crippen molar-refractivity contribution in [2.75, 3.05) is 0 Å². The minimum atomic E-state index is -0.174.